The predicted molar refractivity (Wildman–Crippen MR) is 60.7 cm³/mol. The molecular weight excluding hydrogens is 218 g/mol. The average Bonchev–Trinajstić information content (AvgIpc) is 2.14. The van der Waals surface area contributed by atoms with Crippen LogP contribution in [-0.2, 0) is 10.0 Å². The normalized spacial score (nSPS) is 12.1. The molecule has 0 saturated carbocycles. The maximum absolute atomic E-state index is 11.1. The Hall–Kier alpha value is -0.780. The Labute approximate surface area is 89.1 Å². The monoisotopic (exact) mass is 229 g/mol. The second-order valence-corrected chi connectivity index (χ2v) is 4.56. The lowest BCUT2D eigenvalue weighted by molar-refractivity contribution is 0.597. The Kier molecular flexibility index (Phi) is 3.74. The van der Waals surface area contributed by atoms with Crippen LogP contribution in [0.4, 0.5) is 0 Å². The van der Waals surface area contributed by atoms with Crippen molar-refractivity contribution in [3.8, 4) is 0 Å². The van der Waals surface area contributed by atoms with E-state index in [0.29, 0.717) is 11.3 Å². The quantitative estimate of drug-likeness (QED) is 0.767. The molecule has 0 aliphatic heterocycles. The van der Waals surface area contributed by atoms with E-state index in [1.54, 1.807) is 30.4 Å². The highest BCUT2D eigenvalue weighted by molar-refractivity contribution is 7.89. The largest absolute Gasteiger partial charge is 0.238 e. The first-order valence-electron chi connectivity index (χ1n) is 3.95. The number of benzene rings is 1. The van der Waals surface area contributed by atoms with Crippen LogP contribution < -0.4 is 5.14 Å². The Morgan fingerprint density at radius 3 is 2.57 bits per heavy atom. The molecule has 5 heteroatoms. The number of primary sulfonamides is 1. The topological polar surface area (TPSA) is 60.2 Å². The Morgan fingerprint density at radius 2 is 2.00 bits per heavy atom. The van der Waals surface area contributed by atoms with Gasteiger partial charge in [-0.05, 0) is 11.6 Å². The van der Waals surface area contributed by atoms with Crippen LogP contribution >= 0.6 is 12.6 Å². The molecule has 0 spiro atoms. The third-order valence-corrected chi connectivity index (χ3v) is 2.82. The smallest absolute Gasteiger partial charge is 0.225 e. The van der Waals surface area contributed by atoms with Gasteiger partial charge >= 0.3 is 0 Å². The first-order valence-corrected chi connectivity index (χ1v) is 6.13. The molecule has 1 aromatic carbocycles. The van der Waals surface area contributed by atoms with Gasteiger partial charge in [0.2, 0.25) is 10.0 Å². The molecule has 0 aliphatic carbocycles. The Morgan fingerprint density at radius 1 is 1.36 bits per heavy atom. The summed E-state index contributed by atoms with van der Waals surface area (Å²) in [6.07, 6.45) is 3.44. The van der Waals surface area contributed by atoms with E-state index in [4.69, 9.17) is 5.14 Å². The van der Waals surface area contributed by atoms with Gasteiger partial charge in [0, 0.05) is 5.75 Å². The highest BCUT2D eigenvalue weighted by Gasteiger charge is 2.10. The summed E-state index contributed by atoms with van der Waals surface area (Å²) in [5, 5.41) is 5.05. The minimum Gasteiger partial charge on any atom is -0.225 e. The summed E-state index contributed by atoms with van der Waals surface area (Å²) >= 11 is 3.99. The fourth-order valence-corrected chi connectivity index (χ4v) is 1.90. The van der Waals surface area contributed by atoms with Crippen molar-refractivity contribution in [3.63, 3.8) is 0 Å². The molecule has 0 radical (unpaired) electrons. The molecule has 0 heterocycles. The van der Waals surface area contributed by atoms with Crippen LogP contribution in [0.2, 0.25) is 0 Å². The number of sulfonamides is 1. The molecule has 0 aromatic heterocycles. The van der Waals surface area contributed by atoms with Gasteiger partial charge in [0.15, 0.2) is 0 Å². The fourth-order valence-electron chi connectivity index (χ4n) is 1.06. The highest BCUT2D eigenvalue weighted by atomic mass is 32.2. The molecule has 0 bridgehead atoms. The summed E-state index contributed by atoms with van der Waals surface area (Å²) in [5.41, 5.74) is 0.587. The molecule has 0 atom stereocenters. The van der Waals surface area contributed by atoms with Gasteiger partial charge in [-0.2, -0.15) is 12.6 Å². The maximum Gasteiger partial charge on any atom is 0.238 e. The fraction of sp³-hybridized carbons (Fsp3) is 0.111. The zero-order valence-corrected chi connectivity index (χ0v) is 9.13. The Bertz CT molecular complexity index is 438. The van der Waals surface area contributed by atoms with Gasteiger partial charge in [-0.3, -0.25) is 0 Å². The van der Waals surface area contributed by atoms with E-state index in [1.807, 2.05) is 0 Å². The van der Waals surface area contributed by atoms with E-state index in [1.165, 1.54) is 6.07 Å². The van der Waals surface area contributed by atoms with Crippen molar-refractivity contribution in [2.45, 2.75) is 4.90 Å². The molecule has 1 aromatic rings. The van der Waals surface area contributed by atoms with E-state index in [2.05, 4.69) is 12.6 Å². The third kappa shape index (κ3) is 2.87. The zero-order valence-electron chi connectivity index (χ0n) is 7.42. The Balaban J connectivity index is 3.24. The number of rotatable bonds is 3. The SMILES string of the molecule is NS(=O)(=O)c1ccccc1C=CCS. The van der Waals surface area contributed by atoms with Crippen LogP contribution in [0.1, 0.15) is 5.56 Å². The molecule has 14 heavy (non-hydrogen) atoms. The van der Waals surface area contributed by atoms with Gasteiger partial charge in [0.25, 0.3) is 0 Å². The number of hydrogen-bond acceptors (Lipinski definition) is 3. The van der Waals surface area contributed by atoms with Gasteiger partial charge in [0.1, 0.15) is 0 Å². The lowest BCUT2D eigenvalue weighted by Gasteiger charge is -2.01. The molecule has 0 aliphatic rings. The maximum atomic E-state index is 11.1. The van der Waals surface area contributed by atoms with Crippen molar-refractivity contribution in [2.75, 3.05) is 5.75 Å². The molecule has 76 valence electrons. The van der Waals surface area contributed by atoms with Gasteiger partial charge in [-0.15, -0.1) is 0 Å². The van der Waals surface area contributed by atoms with Crippen molar-refractivity contribution >= 4 is 28.7 Å². The first kappa shape index (κ1) is 11.3. The average molecular weight is 229 g/mol. The van der Waals surface area contributed by atoms with Crippen LogP contribution in [0.25, 0.3) is 6.08 Å². The van der Waals surface area contributed by atoms with E-state index in [0.717, 1.165) is 0 Å². The molecule has 1 rings (SSSR count). The lowest BCUT2D eigenvalue weighted by Crippen LogP contribution is -2.13. The molecule has 0 saturated heterocycles. The van der Waals surface area contributed by atoms with E-state index >= 15 is 0 Å². The standard InChI is InChI=1S/C9H11NO2S2/c10-14(11,12)9-6-2-1-4-8(9)5-3-7-13/h1-6,13H,7H2,(H2,10,11,12). The van der Waals surface area contributed by atoms with Gasteiger partial charge in [-0.1, -0.05) is 30.4 Å². The third-order valence-electron chi connectivity index (χ3n) is 1.63. The van der Waals surface area contributed by atoms with Crippen molar-refractivity contribution in [1.82, 2.24) is 0 Å². The summed E-state index contributed by atoms with van der Waals surface area (Å²) in [5.74, 6) is 0.555. The second-order valence-electron chi connectivity index (χ2n) is 2.67. The second kappa shape index (κ2) is 4.63. The predicted octanol–water partition coefficient (Wildman–Crippen LogP) is 1.28. The van der Waals surface area contributed by atoms with Crippen LogP contribution in [0.5, 0.6) is 0 Å². The van der Waals surface area contributed by atoms with Crippen LogP contribution in [-0.4, -0.2) is 14.2 Å². The van der Waals surface area contributed by atoms with Gasteiger partial charge in [-0.25, -0.2) is 13.6 Å². The number of hydrogen-bond donors (Lipinski definition) is 2. The summed E-state index contributed by atoms with van der Waals surface area (Å²) < 4.78 is 22.3. The minimum atomic E-state index is -3.64. The molecule has 2 N–H and O–H groups in total. The summed E-state index contributed by atoms with van der Waals surface area (Å²) in [6, 6.07) is 6.57. The van der Waals surface area contributed by atoms with Gasteiger partial charge < -0.3 is 0 Å². The van der Waals surface area contributed by atoms with Crippen LogP contribution in [0, 0.1) is 0 Å². The first-order chi connectivity index (χ1) is 6.55. The van der Waals surface area contributed by atoms with E-state index < -0.39 is 10.0 Å². The lowest BCUT2D eigenvalue weighted by atomic mass is 10.2. The van der Waals surface area contributed by atoms with E-state index in [-0.39, 0.29) is 4.90 Å². The number of nitrogens with two attached hydrogens (primary N) is 1. The summed E-state index contributed by atoms with van der Waals surface area (Å²) in [6.45, 7) is 0. The zero-order chi connectivity index (χ0) is 10.6. The molecule has 0 unspecified atom stereocenters. The molecule has 0 fully saturated rings. The molecule has 3 nitrogen and oxygen atoms in total. The highest BCUT2D eigenvalue weighted by Crippen LogP contribution is 2.14. The van der Waals surface area contributed by atoms with Crippen molar-refractivity contribution in [3.05, 3.63) is 35.9 Å². The summed E-state index contributed by atoms with van der Waals surface area (Å²) in [7, 11) is -3.64. The molecular formula is C9H11NO2S2. The number of thiol groups is 1. The van der Waals surface area contributed by atoms with Crippen molar-refractivity contribution in [1.29, 1.82) is 0 Å². The minimum absolute atomic E-state index is 0.137. The summed E-state index contributed by atoms with van der Waals surface area (Å²) in [4.78, 5) is 0.137. The molecule has 0 amide bonds. The van der Waals surface area contributed by atoms with E-state index in [9.17, 15) is 8.42 Å². The van der Waals surface area contributed by atoms with Crippen molar-refractivity contribution < 1.29 is 8.42 Å². The van der Waals surface area contributed by atoms with Crippen LogP contribution in [0.15, 0.2) is 35.2 Å². The van der Waals surface area contributed by atoms with Crippen LogP contribution in [0.3, 0.4) is 0 Å². The van der Waals surface area contributed by atoms with Crippen molar-refractivity contribution in [2.24, 2.45) is 5.14 Å². The van der Waals surface area contributed by atoms with Gasteiger partial charge in [0.05, 0.1) is 4.90 Å².